The van der Waals surface area contributed by atoms with E-state index in [-0.39, 0.29) is 25.0 Å². The van der Waals surface area contributed by atoms with Crippen LogP contribution in [0.5, 0.6) is 0 Å². The van der Waals surface area contributed by atoms with E-state index in [9.17, 15) is 24.3 Å². The lowest BCUT2D eigenvalue weighted by Crippen LogP contribution is -2.56. The van der Waals surface area contributed by atoms with Crippen LogP contribution in [-0.2, 0) is 19.1 Å². The number of nitrogens with one attached hydrogen (secondary N) is 2. The molecule has 13 heteroatoms. The number of amides is 3. The molecule has 4 aliphatic rings. The van der Waals surface area contributed by atoms with Crippen LogP contribution in [0.2, 0.25) is 0 Å². The number of carbonyl (C=O) groups excluding carboxylic acids is 3. The maximum Gasteiger partial charge on any atom is 0.408 e. The summed E-state index contributed by atoms with van der Waals surface area (Å²) in [5.41, 5.74) is 0.0811. The quantitative estimate of drug-likeness (QED) is 0.393. The molecule has 45 heavy (non-hydrogen) atoms. The van der Waals surface area contributed by atoms with Crippen molar-refractivity contribution in [3.05, 3.63) is 47.1 Å². The molecule has 1 aromatic heterocycles. The average molecular weight is 684 g/mol. The second-order valence-corrected chi connectivity index (χ2v) is 13.3. The Hall–Kier alpha value is -3.74. The van der Waals surface area contributed by atoms with Crippen molar-refractivity contribution in [3.63, 3.8) is 0 Å². The number of nitrogens with zero attached hydrogens (tertiary/aromatic N) is 4. The third-order valence-electron chi connectivity index (χ3n) is 9.47. The van der Waals surface area contributed by atoms with Crippen molar-refractivity contribution in [2.24, 2.45) is 5.92 Å². The monoisotopic (exact) mass is 682 g/mol. The van der Waals surface area contributed by atoms with Gasteiger partial charge in [-0.05, 0) is 67.3 Å². The van der Waals surface area contributed by atoms with E-state index in [1.54, 1.807) is 0 Å². The first-order valence-electron chi connectivity index (χ1n) is 15.9. The number of alkyl carbamates (subject to hydrolysis) is 1. The fraction of sp³-hybridized carbons (Fsp3) is 0.562. The van der Waals surface area contributed by atoms with Gasteiger partial charge in [0.1, 0.15) is 29.4 Å². The maximum absolute atomic E-state index is 14.2. The van der Waals surface area contributed by atoms with Crippen molar-refractivity contribution in [1.82, 2.24) is 30.5 Å². The number of allylic oxidation sites excluding steroid dienone is 1. The van der Waals surface area contributed by atoms with E-state index in [2.05, 4.69) is 31.7 Å². The number of ether oxygens (including phenoxy) is 1. The summed E-state index contributed by atoms with van der Waals surface area (Å²) in [5, 5.41) is 25.0. The first-order chi connectivity index (χ1) is 21.7. The SMILES string of the molecule is O=C(N[C@H]1CCCCC/C=C\C2C[C@@]2(C(=O)O)NC(=O)[C@@H]2C[C@@H](n3nc(Br)c(-c4ccccc4)n3)CN2C1=O)OC1CCCC1. The zero-order valence-corrected chi connectivity index (χ0v) is 26.7. The number of aliphatic carboxylic acids is 1. The van der Waals surface area contributed by atoms with Crippen LogP contribution < -0.4 is 10.6 Å². The molecule has 2 aromatic rings. The molecule has 240 valence electrons. The predicted octanol–water partition coefficient (Wildman–Crippen LogP) is 4.37. The van der Waals surface area contributed by atoms with Gasteiger partial charge in [0.2, 0.25) is 11.8 Å². The summed E-state index contributed by atoms with van der Waals surface area (Å²) < 4.78 is 6.15. The molecule has 2 saturated carbocycles. The van der Waals surface area contributed by atoms with Gasteiger partial charge in [-0.1, -0.05) is 55.3 Å². The van der Waals surface area contributed by atoms with Crippen LogP contribution in [0.15, 0.2) is 47.1 Å². The lowest BCUT2D eigenvalue weighted by molar-refractivity contribution is -0.145. The van der Waals surface area contributed by atoms with Gasteiger partial charge in [0.15, 0.2) is 4.60 Å². The maximum atomic E-state index is 14.2. The molecule has 3 amide bonds. The van der Waals surface area contributed by atoms with E-state index in [0.717, 1.165) is 50.5 Å². The molecule has 1 aromatic carbocycles. The van der Waals surface area contributed by atoms with E-state index in [4.69, 9.17) is 9.84 Å². The number of hydrogen-bond acceptors (Lipinski definition) is 7. The summed E-state index contributed by atoms with van der Waals surface area (Å²) in [7, 11) is 0. The molecule has 1 unspecified atom stereocenters. The molecule has 3 fully saturated rings. The molecule has 12 nitrogen and oxygen atoms in total. The fourth-order valence-electron chi connectivity index (χ4n) is 6.82. The Morgan fingerprint density at radius 1 is 1.04 bits per heavy atom. The summed E-state index contributed by atoms with van der Waals surface area (Å²) in [5.74, 6) is -2.36. The van der Waals surface area contributed by atoms with Crippen LogP contribution in [-0.4, -0.2) is 79.1 Å². The van der Waals surface area contributed by atoms with Crippen LogP contribution in [0.25, 0.3) is 11.3 Å². The number of carboxylic acid groups (broad SMARTS) is 1. The Kier molecular flexibility index (Phi) is 9.25. The van der Waals surface area contributed by atoms with Gasteiger partial charge in [-0.25, -0.2) is 9.59 Å². The van der Waals surface area contributed by atoms with Gasteiger partial charge in [0.05, 0.1) is 6.04 Å². The van der Waals surface area contributed by atoms with Crippen molar-refractivity contribution in [2.45, 2.75) is 100 Å². The van der Waals surface area contributed by atoms with Crippen molar-refractivity contribution in [2.75, 3.05) is 6.54 Å². The Labute approximate surface area is 270 Å². The highest BCUT2D eigenvalue weighted by atomic mass is 79.9. The van der Waals surface area contributed by atoms with Crippen LogP contribution in [0, 0.1) is 5.92 Å². The van der Waals surface area contributed by atoms with Crippen molar-refractivity contribution in [1.29, 1.82) is 0 Å². The van der Waals surface area contributed by atoms with E-state index >= 15 is 0 Å². The molecule has 2 aliphatic heterocycles. The van der Waals surface area contributed by atoms with Crippen molar-refractivity contribution < 1.29 is 29.0 Å². The molecule has 1 saturated heterocycles. The van der Waals surface area contributed by atoms with Gasteiger partial charge in [-0.3, -0.25) is 9.59 Å². The average Bonchev–Trinajstić information content (AvgIpc) is 3.43. The van der Waals surface area contributed by atoms with Crippen LogP contribution in [0.4, 0.5) is 4.79 Å². The third-order valence-corrected chi connectivity index (χ3v) is 10.0. The summed E-state index contributed by atoms with van der Waals surface area (Å²) in [6.07, 6.45) is 10.7. The van der Waals surface area contributed by atoms with Gasteiger partial charge in [-0.15, -0.1) is 5.10 Å². The molecular weight excluding hydrogens is 644 g/mol. The highest BCUT2D eigenvalue weighted by Crippen LogP contribution is 2.45. The zero-order valence-electron chi connectivity index (χ0n) is 25.1. The first kappa shape index (κ1) is 31.3. The minimum Gasteiger partial charge on any atom is -0.479 e. The summed E-state index contributed by atoms with van der Waals surface area (Å²) in [4.78, 5) is 56.4. The molecule has 0 radical (unpaired) electrons. The van der Waals surface area contributed by atoms with Crippen LogP contribution in [0.1, 0.15) is 76.7 Å². The Morgan fingerprint density at radius 2 is 1.80 bits per heavy atom. The highest BCUT2D eigenvalue weighted by Gasteiger charge is 2.61. The summed E-state index contributed by atoms with van der Waals surface area (Å²) in [6.45, 7) is 0.117. The van der Waals surface area contributed by atoms with E-state index in [1.165, 1.54) is 9.70 Å². The summed E-state index contributed by atoms with van der Waals surface area (Å²) in [6, 6.07) is 7.22. The number of hydrogen-bond donors (Lipinski definition) is 3. The number of carbonyl (C=O) groups is 4. The van der Waals surface area contributed by atoms with Gasteiger partial charge in [0.25, 0.3) is 0 Å². The standard InChI is InChI=1S/C32H39BrN6O6/c33-27-26(20-11-5-4-6-12-20)36-39(37-27)22-17-25-28(40)35-32(30(42)43)18-21(32)13-7-2-1-3-8-16-24(29(41)38(25)19-22)34-31(44)45-23-14-9-10-15-23/h4-7,11-13,21-25H,1-3,8-10,14-19H2,(H,34,44)(H,35,40)(H,42,43)/b13-7-/t21?,22-,24+,25+,32-/m1/s1. The number of halogens is 1. The molecule has 0 spiro atoms. The molecule has 6 rings (SSSR count). The molecule has 0 bridgehead atoms. The fourth-order valence-corrected chi connectivity index (χ4v) is 7.29. The molecule has 2 aliphatic carbocycles. The molecular formula is C32H39BrN6O6. The number of rotatable bonds is 5. The second kappa shape index (κ2) is 13.3. The van der Waals surface area contributed by atoms with Gasteiger partial charge in [-0.2, -0.15) is 9.90 Å². The zero-order chi connectivity index (χ0) is 31.6. The minimum absolute atomic E-state index is 0.117. The largest absolute Gasteiger partial charge is 0.479 e. The lowest BCUT2D eigenvalue weighted by atomic mass is 10.0. The normalized spacial score (nSPS) is 29.9. The summed E-state index contributed by atoms with van der Waals surface area (Å²) >= 11 is 3.51. The van der Waals surface area contributed by atoms with Crippen LogP contribution in [0.3, 0.4) is 0 Å². The number of carboxylic acids is 1. The van der Waals surface area contributed by atoms with Gasteiger partial charge >= 0.3 is 12.1 Å². The number of aromatic nitrogens is 3. The Balaban J connectivity index is 1.28. The molecule has 3 N–H and O–H groups in total. The van der Waals surface area contributed by atoms with E-state index in [0.29, 0.717) is 29.6 Å². The van der Waals surface area contributed by atoms with Crippen molar-refractivity contribution >= 4 is 39.8 Å². The highest BCUT2D eigenvalue weighted by molar-refractivity contribution is 9.10. The minimum atomic E-state index is -1.41. The van der Waals surface area contributed by atoms with Gasteiger partial charge in [0, 0.05) is 24.4 Å². The third kappa shape index (κ3) is 6.78. The van der Waals surface area contributed by atoms with E-state index < -0.39 is 47.5 Å². The topological polar surface area (TPSA) is 156 Å². The molecule has 3 heterocycles. The van der Waals surface area contributed by atoms with E-state index in [1.807, 2.05) is 42.5 Å². The Bertz CT molecular complexity index is 1460. The van der Waals surface area contributed by atoms with Crippen molar-refractivity contribution in [3.8, 4) is 11.3 Å². The predicted molar refractivity (Wildman–Crippen MR) is 167 cm³/mol. The first-order valence-corrected chi connectivity index (χ1v) is 16.7. The van der Waals surface area contributed by atoms with Crippen LogP contribution >= 0.6 is 15.9 Å². The Morgan fingerprint density at radius 3 is 2.56 bits per heavy atom. The molecule has 5 atom stereocenters. The second-order valence-electron chi connectivity index (χ2n) is 12.6. The smallest absolute Gasteiger partial charge is 0.408 e. The number of fused-ring (bicyclic) bond motifs is 2. The van der Waals surface area contributed by atoms with Gasteiger partial charge < -0.3 is 25.4 Å². The number of benzene rings is 1. The lowest BCUT2D eigenvalue weighted by Gasteiger charge is -2.29.